The lowest BCUT2D eigenvalue weighted by Crippen LogP contribution is -2.39. The zero-order valence-corrected chi connectivity index (χ0v) is 9.31. The number of hydrogen-bond acceptors (Lipinski definition) is 4. The van der Waals surface area contributed by atoms with Crippen molar-refractivity contribution in [1.29, 1.82) is 0 Å². The molecule has 0 saturated heterocycles. The van der Waals surface area contributed by atoms with Gasteiger partial charge in [0.2, 0.25) is 0 Å². The van der Waals surface area contributed by atoms with Gasteiger partial charge in [-0.1, -0.05) is 13.8 Å². The minimum atomic E-state index is -1.02. The van der Waals surface area contributed by atoms with Crippen molar-refractivity contribution in [2.75, 3.05) is 13.2 Å². The van der Waals surface area contributed by atoms with Crippen LogP contribution in [0.4, 0.5) is 0 Å². The maximum Gasteiger partial charge on any atom is 0.306 e. The maximum absolute atomic E-state index is 10.3. The van der Waals surface area contributed by atoms with Crippen molar-refractivity contribution in [2.45, 2.75) is 38.8 Å². The third kappa shape index (κ3) is 8.35. The number of aliphatic hydroxyl groups is 2. The van der Waals surface area contributed by atoms with Gasteiger partial charge in [0.25, 0.3) is 0 Å². The lowest BCUT2D eigenvalue weighted by atomic mass is 10.0. The summed E-state index contributed by atoms with van der Waals surface area (Å²) in [5, 5.41) is 29.6. The first-order chi connectivity index (χ1) is 6.95. The highest BCUT2D eigenvalue weighted by atomic mass is 16.4. The molecule has 0 spiro atoms. The summed E-state index contributed by atoms with van der Waals surface area (Å²) < 4.78 is 0. The highest BCUT2D eigenvalue weighted by Crippen LogP contribution is 2.04. The van der Waals surface area contributed by atoms with Crippen LogP contribution in [0.15, 0.2) is 0 Å². The predicted molar refractivity (Wildman–Crippen MR) is 56.6 cm³/mol. The van der Waals surface area contributed by atoms with Crippen molar-refractivity contribution >= 4 is 5.97 Å². The molecule has 0 radical (unpaired) electrons. The highest BCUT2D eigenvalue weighted by Gasteiger charge is 2.13. The molecule has 0 amide bonds. The minimum Gasteiger partial charge on any atom is -0.481 e. The molecule has 0 aromatic carbocycles. The Morgan fingerprint density at radius 1 is 1.40 bits per heavy atom. The van der Waals surface area contributed by atoms with E-state index >= 15 is 0 Å². The number of carboxylic acids is 1. The van der Waals surface area contributed by atoms with E-state index in [1.807, 2.05) is 13.8 Å². The van der Waals surface area contributed by atoms with Crippen LogP contribution in [0.25, 0.3) is 0 Å². The summed E-state index contributed by atoms with van der Waals surface area (Å²) in [6, 6.07) is -0.0755. The van der Waals surface area contributed by atoms with Gasteiger partial charge in [-0.15, -0.1) is 0 Å². The molecule has 0 aliphatic rings. The summed E-state index contributed by atoms with van der Waals surface area (Å²) in [6.45, 7) is 4.28. The van der Waals surface area contributed by atoms with Crippen molar-refractivity contribution in [3.05, 3.63) is 0 Å². The molecule has 0 aliphatic heterocycles. The van der Waals surface area contributed by atoms with Crippen LogP contribution < -0.4 is 5.32 Å². The van der Waals surface area contributed by atoms with Gasteiger partial charge >= 0.3 is 5.97 Å². The van der Waals surface area contributed by atoms with Crippen molar-refractivity contribution < 1.29 is 20.1 Å². The second-order valence-corrected chi connectivity index (χ2v) is 4.17. The molecule has 15 heavy (non-hydrogen) atoms. The topological polar surface area (TPSA) is 89.8 Å². The summed E-state index contributed by atoms with van der Waals surface area (Å²) >= 11 is 0. The second-order valence-electron chi connectivity index (χ2n) is 4.17. The zero-order chi connectivity index (χ0) is 11.8. The van der Waals surface area contributed by atoms with E-state index in [0.29, 0.717) is 5.92 Å². The van der Waals surface area contributed by atoms with Crippen molar-refractivity contribution in [3.63, 3.8) is 0 Å². The Balaban J connectivity index is 3.74. The van der Waals surface area contributed by atoms with Crippen molar-refractivity contribution in [3.8, 4) is 0 Å². The van der Waals surface area contributed by atoms with Gasteiger partial charge in [-0.2, -0.15) is 0 Å². The van der Waals surface area contributed by atoms with Gasteiger partial charge in [0.1, 0.15) is 0 Å². The van der Waals surface area contributed by atoms with E-state index in [9.17, 15) is 9.90 Å². The Hall–Kier alpha value is -0.650. The van der Waals surface area contributed by atoms with E-state index < -0.39 is 12.1 Å². The maximum atomic E-state index is 10.3. The normalized spacial score (nSPS) is 15.3. The summed E-state index contributed by atoms with van der Waals surface area (Å²) in [6.07, 6.45) is -0.368. The molecule has 90 valence electrons. The van der Waals surface area contributed by atoms with Crippen molar-refractivity contribution in [2.24, 2.45) is 5.92 Å². The molecule has 0 aliphatic carbocycles. The molecule has 0 heterocycles. The number of nitrogens with one attached hydrogen (secondary N) is 1. The zero-order valence-electron chi connectivity index (χ0n) is 9.31. The molecule has 0 bridgehead atoms. The number of rotatable bonds is 8. The van der Waals surface area contributed by atoms with E-state index in [2.05, 4.69) is 5.32 Å². The first-order valence-corrected chi connectivity index (χ1v) is 5.19. The van der Waals surface area contributed by atoms with Crippen LogP contribution in [-0.2, 0) is 4.79 Å². The summed E-state index contributed by atoms with van der Waals surface area (Å²) in [5.74, 6) is -0.569. The molecule has 0 rings (SSSR count). The van der Waals surface area contributed by atoms with Gasteiger partial charge in [0, 0.05) is 12.6 Å². The van der Waals surface area contributed by atoms with Crippen LogP contribution in [0.1, 0.15) is 26.7 Å². The van der Waals surface area contributed by atoms with Crippen LogP contribution in [0.3, 0.4) is 0 Å². The monoisotopic (exact) mass is 219 g/mol. The number of carboxylic acid groups (broad SMARTS) is 1. The Labute approximate surface area is 90.1 Å². The Morgan fingerprint density at radius 3 is 2.40 bits per heavy atom. The summed E-state index contributed by atoms with van der Waals surface area (Å²) in [4.78, 5) is 10.3. The third-order valence-electron chi connectivity index (χ3n) is 2.03. The quantitative estimate of drug-likeness (QED) is 0.454. The number of hydrogen-bond donors (Lipinski definition) is 4. The van der Waals surface area contributed by atoms with Gasteiger partial charge in [0.05, 0.1) is 19.1 Å². The van der Waals surface area contributed by atoms with E-state index in [1.54, 1.807) is 0 Å². The highest BCUT2D eigenvalue weighted by molar-refractivity contribution is 5.67. The molecule has 0 saturated carbocycles. The smallest absolute Gasteiger partial charge is 0.306 e. The fraction of sp³-hybridized carbons (Fsp3) is 0.900. The largest absolute Gasteiger partial charge is 0.481 e. The SMILES string of the molecule is CC(C)CC(CO)NCC(O)CC(=O)O. The van der Waals surface area contributed by atoms with Gasteiger partial charge in [-0.3, -0.25) is 4.79 Å². The molecule has 5 nitrogen and oxygen atoms in total. The van der Waals surface area contributed by atoms with Gasteiger partial charge < -0.3 is 20.6 Å². The van der Waals surface area contributed by atoms with Crippen LogP contribution in [0.5, 0.6) is 0 Å². The second kappa shape index (κ2) is 7.62. The Kier molecular flexibility index (Phi) is 7.29. The fourth-order valence-electron chi connectivity index (χ4n) is 1.37. The molecule has 2 unspecified atom stereocenters. The molecular weight excluding hydrogens is 198 g/mol. The number of aliphatic hydroxyl groups excluding tert-OH is 2. The molecule has 0 aromatic heterocycles. The van der Waals surface area contributed by atoms with E-state index in [4.69, 9.17) is 10.2 Å². The van der Waals surface area contributed by atoms with Crippen LogP contribution in [0.2, 0.25) is 0 Å². The Morgan fingerprint density at radius 2 is 2.00 bits per heavy atom. The van der Waals surface area contributed by atoms with Gasteiger partial charge in [-0.25, -0.2) is 0 Å². The summed E-state index contributed by atoms with van der Waals surface area (Å²) in [5.41, 5.74) is 0. The predicted octanol–water partition coefficient (Wildman–Crippen LogP) is -0.181. The average Bonchev–Trinajstić information content (AvgIpc) is 2.10. The number of aliphatic carboxylic acids is 1. The third-order valence-corrected chi connectivity index (χ3v) is 2.03. The minimum absolute atomic E-state index is 0.00201. The molecule has 0 fully saturated rings. The van der Waals surface area contributed by atoms with Crippen LogP contribution in [0, 0.1) is 5.92 Å². The Bertz CT molecular complexity index is 184. The van der Waals surface area contributed by atoms with E-state index in [-0.39, 0.29) is 25.6 Å². The van der Waals surface area contributed by atoms with Crippen LogP contribution in [-0.4, -0.2) is 46.6 Å². The fourth-order valence-corrected chi connectivity index (χ4v) is 1.37. The molecule has 0 aromatic rings. The average molecular weight is 219 g/mol. The lowest BCUT2D eigenvalue weighted by Gasteiger charge is -2.19. The van der Waals surface area contributed by atoms with E-state index in [1.165, 1.54) is 0 Å². The molecule has 2 atom stereocenters. The lowest BCUT2D eigenvalue weighted by molar-refractivity contribution is -0.139. The first-order valence-electron chi connectivity index (χ1n) is 5.19. The molecule has 5 heteroatoms. The van der Waals surface area contributed by atoms with Crippen LogP contribution >= 0.6 is 0 Å². The van der Waals surface area contributed by atoms with Gasteiger partial charge in [0.15, 0.2) is 0 Å². The number of carbonyl (C=O) groups is 1. The summed E-state index contributed by atoms with van der Waals surface area (Å²) in [7, 11) is 0. The van der Waals surface area contributed by atoms with Crippen molar-refractivity contribution in [1.82, 2.24) is 5.32 Å². The first kappa shape index (κ1) is 14.3. The standard InChI is InChI=1S/C10H21NO4/c1-7(2)3-8(6-12)11-5-9(13)4-10(14)15/h7-9,11-13H,3-6H2,1-2H3,(H,14,15). The molecule has 4 N–H and O–H groups in total. The molecular formula is C10H21NO4. The van der Waals surface area contributed by atoms with E-state index in [0.717, 1.165) is 6.42 Å². The van der Waals surface area contributed by atoms with Gasteiger partial charge in [-0.05, 0) is 12.3 Å².